The molecule has 2 aliphatic heterocycles. The standard InChI is InChI=1S/C25H25N7/c1-17-15-31(23-7-4-18(14-26)25-21(23)3-2-8-28-25)16-24-20-6-5-19(13-22(20)29-32(17)24)30-11-9-27-10-12-30/h2-8,13,17,27H,9-12,15-16H2,1H3/t17-/m0/s1. The molecule has 0 bridgehead atoms. The van der Waals surface area contributed by atoms with Crippen LogP contribution in [0.15, 0.2) is 48.7 Å². The highest BCUT2D eigenvalue weighted by Crippen LogP contribution is 2.35. The number of nitrogens with zero attached hydrogens (tertiary/aromatic N) is 6. The molecule has 6 rings (SSSR count). The van der Waals surface area contributed by atoms with Crippen molar-refractivity contribution < 1.29 is 0 Å². The first-order valence-electron chi connectivity index (χ1n) is 11.2. The predicted molar refractivity (Wildman–Crippen MR) is 127 cm³/mol. The maximum Gasteiger partial charge on any atom is 0.101 e. The van der Waals surface area contributed by atoms with Gasteiger partial charge < -0.3 is 15.1 Å². The lowest BCUT2D eigenvalue weighted by atomic mass is 10.1. The van der Waals surface area contributed by atoms with Crippen LogP contribution >= 0.6 is 0 Å². The number of fused-ring (bicyclic) bond motifs is 4. The fourth-order valence-electron chi connectivity index (χ4n) is 5.14. The molecule has 0 radical (unpaired) electrons. The van der Waals surface area contributed by atoms with Crippen LogP contribution in [0.3, 0.4) is 0 Å². The summed E-state index contributed by atoms with van der Waals surface area (Å²) in [6.45, 7) is 7.98. The van der Waals surface area contributed by atoms with Crippen molar-refractivity contribution in [1.82, 2.24) is 20.1 Å². The van der Waals surface area contributed by atoms with Crippen LogP contribution in [0.1, 0.15) is 24.2 Å². The van der Waals surface area contributed by atoms with Gasteiger partial charge in [-0.25, -0.2) is 0 Å². The minimum Gasteiger partial charge on any atom is -0.369 e. The van der Waals surface area contributed by atoms with Gasteiger partial charge in [0, 0.05) is 61.1 Å². The number of piperazine rings is 1. The molecule has 7 nitrogen and oxygen atoms in total. The van der Waals surface area contributed by atoms with E-state index < -0.39 is 0 Å². The highest BCUT2D eigenvalue weighted by Gasteiger charge is 2.27. The van der Waals surface area contributed by atoms with Gasteiger partial charge in [-0.05, 0) is 49.4 Å². The molecule has 7 heteroatoms. The van der Waals surface area contributed by atoms with Gasteiger partial charge in [-0.3, -0.25) is 9.67 Å². The van der Waals surface area contributed by atoms with E-state index in [1.54, 1.807) is 6.20 Å². The second-order valence-corrected chi connectivity index (χ2v) is 8.70. The third-order valence-electron chi connectivity index (χ3n) is 6.72. The lowest BCUT2D eigenvalue weighted by molar-refractivity contribution is 0.430. The third kappa shape index (κ3) is 2.99. The normalized spacial score (nSPS) is 18.7. The van der Waals surface area contributed by atoms with Gasteiger partial charge in [-0.2, -0.15) is 10.4 Å². The van der Waals surface area contributed by atoms with Crippen molar-refractivity contribution >= 4 is 33.2 Å². The Morgan fingerprint density at radius 3 is 2.78 bits per heavy atom. The molecule has 1 saturated heterocycles. The SMILES string of the molecule is C[C@H]1CN(c2ccc(C#N)c3ncccc23)Cc2c3ccc(N4CCNCC4)cc3nn21. The summed E-state index contributed by atoms with van der Waals surface area (Å²) in [6.07, 6.45) is 1.75. The molecule has 0 saturated carbocycles. The second-order valence-electron chi connectivity index (χ2n) is 8.70. The van der Waals surface area contributed by atoms with Crippen LogP contribution in [0.25, 0.3) is 21.8 Å². The minimum absolute atomic E-state index is 0.246. The van der Waals surface area contributed by atoms with Crippen molar-refractivity contribution in [2.45, 2.75) is 19.5 Å². The van der Waals surface area contributed by atoms with Gasteiger partial charge in [0.05, 0.1) is 34.9 Å². The topological polar surface area (TPSA) is 73.0 Å². The Morgan fingerprint density at radius 1 is 1.06 bits per heavy atom. The summed E-state index contributed by atoms with van der Waals surface area (Å²) < 4.78 is 2.20. The average molecular weight is 424 g/mol. The molecule has 2 aromatic heterocycles. The maximum atomic E-state index is 9.49. The zero-order valence-corrected chi connectivity index (χ0v) is 18.1. The molecule has 4 aromatic rings. The Kier molecular flexibility index (Phi) is 4.47. The van der Waals surface area contributed by atoms with E-state index in [1.165, 1.54) is 16.8 Å². The van der Waals surface area contributed by atoms with Gasteiger partial charge in [0.1, 0.15) is 6.07 Å². The Morgan fingerprint density at radius 2 is 1.94 bits per heavy atom. The van der Waals surface area contributed by atoms with E-state index in [1.807, 2.05) is 12.1 Å². The van der Waals surface area contributed by atoms with Crippen molar-refractivity contribution in [2.24, 2.45) is 0 Å². The first-order chi connectivity index (χ1) is 15.7. The first-order valence-corrected chi connectivity index (χ1v) is 11.2. The third-order valence-corrected chi connectivity index (χ3v) is 6.72. The van der Waals surface area contributed by atoms with Gasteiger partial charge in [0.2, 0.25) is 0 Å². The zero-order chi connectivity index (χ0) is 21.7. The average Bonchev–Trinajstić information content (AvgIpc) is 3.22. The molecule has 32 heavy (non-hydrogen) atoms. The molecule has 4 heterocycles. The number of hydrogen-bond donors (Lipinski definition) is 1. The summed E-state index contributed by atoms with van der Waals surface area (Å²) >= 11 is 0. The van der Waals surface area contributed by atoms with E-state index in [0.717, 1.165) is 61.4 Å². The van der Waals surface area contributed by atoms with Crippen LogP contribution in [-0.2, 0) is 6.54 Å². The molecule has 1 fully saturated rings. The van der Waals surface area contributed by atoms with Crippen molar-refractivity contribution in [3.8, 4) is 6.07 Å². The first kappa shape index (κ1) is 19.1. The van der Waals surface area contributed by atoms with Crippen LogP contribution in [0.2, 0.25) is 0 Å². The highest BCUT2D eigenvalue weighted by atomic mass is 15.4. The van der Waals surface area contributed by atoms with Crippen molar-refractivity contribution in [2.75, 3.05) is 42.5 Å². The van der Waals surface area contributed by atoms with Gasteiger partial charge in [0.25, 0.3) is 0 Å². The number of rotatable bonds is 2. The van der Waals surface area contributed by atoms with Crippen molar-refractivity contribution in [3.05, 3.63) is 59.9 Å². The number of hydrogen-bond acceptors (Lipinski definition) is 6. The maximum absolute atomic E-state index is 9.49. The number of benzene rings is 2. The van der Waals surface area contributed by atoms with Gasteiger partial charge in [-0.1, -0.05) is 0 Å². The summed E-state index contributed by atoms with van der Waals surface area (Å²) in [5.41, 5.74) is 6.07. The fraction of sp³-hybridized carbons (Fsp3) is 0.320. The van der Waals surface area contributed by atoms with Crippen LogP contribution < -0.4 is 15.1 Å². The molecular weight excluding hydrogens is 398 g/mol. The molecular formula is C25H25N7. The van der Waals surface area contributed by atoms with Gasteiger partial charge in [0.15, 0.2) is 0 Å². The van der Waals surface area contributed by atoms with Crippen LogP contribution in [0, 0.1) is 11.3 Å². The number of anilines is 2. The number of nitriles is 1. The Bertz CT molecular complexity index is 1360. The summed E-state index contributed by atoms with van der Waals surface area (Å²) in [7, 11) is 0. The van der Waals surface area contributed by atoms with Crippen LogP contribution in [0.5, 0.6) is 0 Å². The van der Waals surface area contributed by atoms with E-state index in [9.17, 15) is 5.26 Å². The zero-order valence-electron chi connectivity index (χ0n) is 18.1. The van der Waals surface area contributed by atoms with E-state index in [4.69, 9.17) is 5.10 Å². The predicted octanol–water partition coefficient (Wildman–Crippen LogP) is 3.45. The lowest BCUT2D eigenvalue weighted by Crippen LogP contribution is -2.43. The molecule has 0 unspecified atom stereocenters. The van der Waals surface area contributed by atoms with Crippen LogP contribution in [0.4, 0.5) is 11.4 Å². The van der Waals surface area contributed by atoms with Crippen molar-refractivity contribution in [3.63, 3.8) is 0 Å². The van der Waals surface area contributed by atoms with Crippen LogP contribution in [-0.4, -0.2) is 47.5 Å². The highest BCUT2D eigenvalue weighted by molar-refractivity contribution is 5.95. The Balaban J connectivity index is 1.40. The van der Waals surface area contributed by atoms with E-state index in [0.29, 0.717) is 5.56 Å². The number of nitrogens with one attached hydrogen (secondary N) is 1. The molecule has 1 N–H and O–H groups in total. The second kappa shape index (κ2) is 7.50. The Labute approximate surface area is 186 Å². The minimum atomic E-state index is 0.246. The van der Waals surface area contributed by atoms with Gasteiger partial charge in [-0.15, -0.1) is 0 Å². The van der Waals surface area contributed by atoms with E-state index in [2.05, 4.69) is 68.1 Å². The lowest BCUT2D eigenvalue weighted by Gasteiger charge is -2.34. The molecule has 0 amide bonds. The Hall–Kier alpha value is -3.63. The molecule has 1 atom stereocenters. The fourth-order valence-corrected chi connectivity index (χ4v) is 5.14. The summed E-state index contributed by atoms with van der Waals surface area (Å²) in [6, 6.07) is 17.2. The molecule has 0 spiro atoms. The molecule has 2 aromatic carbocycles. The summed E-state index contributed by atoms with van der Waals surface area (Å²) in [5.74, 6) is 0. The quantitative estimate of drug-likeness (QED) is 0.532. The smallest absolute Gasteiger partial charge is 0.101 e. The van der Waals surface area contributed by atoms with Gasteiger partial charge >= 0.3 is 0 Å². The largest absolute Gasteiger partial charge is 0.369 e. The summed E-state index contributed by atoms with van der Waals surface area (Å²) in [4.78, 5) is 9.32. The molecule has 0 aliphatic carbocycles. The summed E-state index contributed by atoms with van der Waals surface area (Å²) in [5, 5.41) is 20.2. The van der Waals surface area contributed by atoms with E-state index >= 15 is 0 Å². The van der Waals surface area contributed by atoms with Crippen molar-refractivity contribution in [1.29, 1.82) is 5.26 Å². The molecule has 2 aliphatic rings. The van der Waals surface area contributed by atoms with E-state index in [-0.39, 0.29) is 6.04 Å². The number of aromatic nitrogens is 3. The molecule has 160 valence electrons. The number of pyridine rings is 1. The monoisotopic (exact) mass is 423 g/mol.